The van der Waals surface area contributed by atoms with Gasteiger partial charge in [-0.25, -0.2) is 9.97 Å². The zero-order valence-electron chi connectivity index (χ0n) is 12.5. The van der Waals surface area contributed by atoms with Crippen LogP contribution in [0.25, 0.3) is 0 Å². The Kier molecular flexibility index (Phi) is 6.10. The third-order valence-corrected chi connectivity index (χ3v) is 2.89. The van der Waals surface area contributed by atoms with Crippen LogP contribution in [0.15, 0.2) is 6.07 Å². The van der Waals surface area contributed by atoms with Gasteiger partial charge in [0.1, 0.15) is 11.6 Å². The highest BCUT2D eigenvalue weighted by Gasteiger charge is 2.08. The van der Waals surface area contributed by atoms with Crippen LogP contribution in [0, 0.1) is 5.92 Å². The second-order valence-electron chi connectivity index (χ2n) is 5.61. The molecule has 1 heterocycles. The van der Waals surface area contributed by atoms with Gasteiger partial charge in [-0.3, -0.25) is 0 Å². The van der Waals surface area contributed by atoms with Crippen molar-refractivity contribution in [3.05, 3.63) is 17.6 Å². The second-order valence-corrected chi connectivity index (χ2v) is 5.61. The molecule has 0 aliphatic carbocycles. The van der Waals surface area contributed by atoms with Gasteiger partial charge in [0.05, 0.1) is 0 Å². The van der Waals surface area contributed by atoms with E-state index in [4.69, 9.17) is 0 Å². The maximum Gasteiger partial charge on any atom is 0.131 e. The van der Waals surface area contributed by atoms with E-state index in [0.717, 1.165) is 43.1 Å². The van der Waals surface area contributed by atoms with Crippen LogP contribution in [0.2, 0.25) is 0 Å². The van der Waals surface area contributed by atoms with Gasteiger partial charge in [0, 0.05) is 24.7 Å². The summed E-state index contributed by atoms with van der Waals surface area (Å²) in [5.74, 6) is 3.11. The molecule has 0 aliphatic rings. The van der Waals surface area contributed by atoms with Crippen LogP contribution in [0.3, 0.4) is 0 Å². The molecule has 0 radical (unpaired) electrons. The number of anilines is 1. The molecule has 0 spiro atoms. The van der Waals surface area contributed by atoms with Crippen molar-refractivity contribution in [2.45, 2.75) is 59.8 Å². The van der Waals surface area contributed by atoms with Gasteiger partial charge in [-0.15, -0.1) is 0 Å². The number of nitrogens with zero attached hydrogens (tertiary/aromatic N) is 2. The van der Waals surface area contributed by atoms with Crippen LogP contribution in [-0.2, 0) is 6.42 Å². The van der Waals surface area contributed by atoms with Gasteiger partial charge in [-0.2, -0.15) is 0 Å². The molecular formula is C15H27N3. The van der Waals surface area contributed by atoms with Gasteiger partial charge in [0.2, 0.25) is 0 Å². The lowest BCUT2D eigenvalue weighted by Gasteiger charge is -2.12. The van der Waals surface area contributed by atoms with E-state index in [9.17, 15) is 0 Å². The molecule has 1 rings (SSSR count). The van der Waals surface area contributed by atoms with Gasteiger partial charge in [0.15, 0.2) is 0 Å². The van der Waals surface area contributed by atoms with Gasteiger partial charge in [-0.05, 0) is 24.7 Å². The molecule has 0 aliphatic heterocycles. The largest absolute Gasteiger partial charge is 0.370 e. The van der Waals surface area contributed by atoms with Gasteiger partial charge in [0.25, 0.3) is 0 Å². The van der Waals surface area contributed by atoms with Crippen molar-refractivity contribution < 1.29 is 0 Å². The molecule has 0 bridgehead atoms. The van der Waals surface area contributed by atoms with E-state index in [0.29, 0.717) is 11.8 Å². The molecule has 18 heavy (non-hydrogen) atoms. The molecule has 0 saturated heterocycles. The van der Waals surface area contributed by atoms with Gasteiger partial charge in [-0.1, -0.05) is 34.6 Å². The topological polar surface area (TPSA) is 37.8 Å². The normalized spacial score (nSPS) is 11.3. The van der Waals surface area contributed by atoms with Crippen LogP contribution in [-0.4, -0.2) is 16.5 Å². The van der Waals surface area contributed by atoms with E-state index in [-0.39, 0.29) is 0 Å². The van der Waals surface area contributed by atoms with E-state index >= 15 is 0 Å². The first kappa shape index (κ1) is 14.9. The predicted molar refractivity (Wildman–Crippen MR) is 78.1 cm³/mol. The maximum atomic E-state index is 4.66. The smallest absolute Gasteiger partial charge is 0.131 e. The monoisotopic (exact) mass is 249 g/mol. The third-order valence-electron chi connectivity index (χ3n) is 2.89. The summed E-state index contributed by atoms with van der Waals surface area (Å²) in [5.41, 5.74) is 1.14. The summed E-state index contributed by atoms with van der Waals surface area (Å²) < 4.78 is 0. The molecule has 0 atom stereocenters. The van der Waals surface area contributed by atoms with Gasteiger partial charge >= 0.3 is 0 Å². The highest BCUT2D eigenvalue weighted by Crippen LogP contribution is 2.17. The lowest BCUT2D eigenvalue weighted by Crippen LogP contribution is -2.08. The molecule has 0 saturated carbocycles. The number of hydrogen-bond acceptors (Lipinski definition) is 3. The average molecular weight is 249 g/mol. The van der Waals surface area contributed by atoms with E-state index < -0.39 is 0 Å². The maximum absolute atomic E-state index is 4.66. The zero-order valence-corrected chi connectivity index (χ0v) is 12.5. The number of rotatable bonds is 7. The first-order chi connectivity index (χ1) is 8.52. The SMILES string of the molecule is CCCNc1cc(C(C)C)nc(CCC(C)C)n1. The Morgan fingerprint density at radius 1 is 1.17 bits per heavy atom. The summed E-state index contributed by atoms with van der Waals surface area (Å²) in [6, 6.07) is 2.08. The van der Waals surface area contributed by atoms with Crippen LogP contribution in [0.5, 0.6) is 0 Å². The predicted octanol–water partition coefficient (Wildman–Crippen LogP) is 4.01. The second kappa shape index (κ2) is 7.34. The molecular weight excluding hydrogens is 222 g/mol. The van der Waals surface area contributed by atoms with Crippen molar-refractivity contribution in [3.8, 4) is 0 Å². The van der Waals surface area contributed by atoms with Crippen molar-refractivity contribution in [1.29, 1.82) is 0 Å². The molecule has 102 valence electrons. The van der Waals surface area contributed by atoms with E-state index in [2.05, 4.69) is 56.0 Å². The van der Waals surface area contributed by atoms with Crippen molar-refractivity contribution in [3.63, 3.8) is 0 Å². The van der Waals surface area contributed by atoms with E-state index in [1.54, 1.807) is 0 Å². The van der Waals surface area contributed by atoms with Crippen molar-refractivity contribution in [1.82, 2.24) is 9.97 Å². The summed E-state index contributed by atoms with van der Waals surface area (Å²) in [7, 11) is 0. The van der Waals surface area contributed by atoms with Crippen LogP contribution in [0.4, 0.5) is 5.82 Å². The average Bonchev–Trinajstić information content (AvgIpc) is 2.33. The Hall–Kier alpha value is -1.12. The molecule has 0 fully saturated rings. The highest BCUT2D eigenvalue weighted by atomic mass is 15.0. The number of aromatic nitrogens is 2. The summed E-state index contributed by atoms with van der Waals surface area (Å²) in [6.45, 7) is 12.0. The summed E-state index contributed by atoms with van der Waals surface area (Å²) in [5, 5.41) is 3.37. The Morgan fingerprint density at radius 3 is 2.44 bits per heavy atom. The van der Waals surface area contributed by atoms with E-state index in [1.165, 1.54) is 0 Å². The Balaban J connectivity index is 2.83. The van der Waals surface area contributed by atoms with Crippen LogP contribution in [0.1, 0.15) is 64.9 Å². The Labute approximate surface area is 111 Å². The highest BCUT2D eigenvalue weighted by molar-refractivity contribution is 5.36. The minimum Gasteiger partial charge on any atom is -0.370 e. The first-order valence-electron chi connectivity index (χ1n) is 7.14. The lowest BCUT2D eigenvalue weighted by molar-refractivity contribution is 0.572. The molecule has 0 aromatic carbocycles. The Morgan fingerprint density at radius 2 is 1.89 bits per heavy atom. The first-order valence-corrected chi connectivity index (χ1v) is 7.14. The van der Waals surface area contributed by atoms with Crippen molar-refractivity contribution >= 4 is 5.82 Å². The molecule has 3 nitrogen and oxygen atoms in total. The van der Waals surface area contributed by atoms with Crippen molar-refractivity contribution in [2.75, 3.05) is 11.9 Å². The van der Waals surface area contributed by atoms with E-state index in [1.807, 2.05) is 0 Å². The molecule has 1 aromatic rings. The van der Waals surface area contributed by atoms with Crippen LogP contribution < -0.4 is 5.32 Å². The van der Waals surface area contributed by atoms with Crippen molar-refractivity contribution in [2.24, 2.45) is 5.92 Å². The Bertz CT molecular complexity index is 359. The minimum absolute atomic E-state index is 0.452. The summed E-state index contributed by atoms with van der Waals surface area (Å²) in [6.07, 6.45) is 3.23. The fourth-order valence-corrected chi connectivity index (χ4v) is 1.69. The number of aryl methyl sites for hydroxylation is 1. The summed E-state index contributed by atoms with van der Waals surface area (Å²) >= 11 is 0. The van der Waals surface area contributed by atoms with Crippen LogP contribution >= 0.6 is 0 Å². The quantitative estimate of drug-likeness (QED) is 0.793. The molecule has 0 amide bonds. The summed E-state index contributed by atoms with van der Waals surface area (Å²) in [4.78, 5) is 9.26. The molecule has 1 N–H and O–H groups in total. The molecule has 1 aromatic heterocycles. The molecule has 3 heteroatoms. The zero-order chi connectivity index (χ0) is 13.5. The lowest BCUT2D eigenvalue weighted by atomic mass is 10.1. The minimum atomic E-state index is 0.452. The standard InChI is InChI=1S/C15H27N3/c1-6-9-16-15-10-13(12(4)5)17-14(18-15)8-7-11(2)3/h10-12H,6-9H2,1-5H3,(H,16,17,18). The molecule has 0 unspecified atom stereocenters. The third kappa shape index (κ3) is 5.03. The number of nitrogens with one attached hydrogen (secondary N) is 1. The number of hydrogen-bond donors (Lipinski definition) is 1. The fourth-order valence-electron chi connectivity index (χ4n) is 1.69. The van der Waals surface area contributed by atoms with Gasteiger partial charge < -0.3 is 5.32 Å². The fraction of sp³-hybridized carbons (Fsp3) is 0.733.